The smallest absolute Gasteiger partial charge is 0.274 e. The molecule has 0 spiro atoms. The summed E-state index contributed by atoms with van der Waals surface area (Å²) in [6.07, 6.45) is 2.76. The summed E-state index contributed by atoms with van der Waals surface area (Å²) >= 11 is 1.42. The molecular formula is C32H47N5O6S. The number of hydrogen-bond acceptors (Lipinski definition) is 10. The van der Waals surface area contributed by atoms with Gasteiger partial charge in [-0.25, -0.2) is 4.98 Å². The maximum atomic E-state index is 13.8. The molecule has 1 aliphatic heterocycles. The van der Waals surface area contributed by atoms with Crippen molar-refractivity contribution in [3.05, 3.63) is 34.1 Å². The Bertz CT molecular complexity index is 1270. The summed E-state index contributed by atoms with van der Waals surface area (Å²) in [5.41, 5.74) is 2.13. The highest BCUT2D eigenvalue weighted by Crippen LogP contribution is 2.47. The third-order valence-corrected chi connectivity index (χ3v) is 9.00. The second-order valence-electron chi connectivity index (χ2n) is 13.4. The number of hydrogen-bond donors (Lipinski definition) is 2. The minimum atomic E-state index is -0.814. The Morgan fingerprint density at radius 1 is 1.02 bits per heavy atom. The number of amides is 2. The van der Waals surface area contributed by atoms with Gasteiger partial charge in [0.05, 0.1) is 49.0 Å². The third-order valence-electron chi connectivity index (χ3n) is 8.37. The highest BCUT2D eigenvalue weighted by molar-refractivity contribution is 7.07. The van der Waals surface area contributed by atoms with Gasteiger partial charge in [-0.1, -0.05) is 39.8 Å². The number of morpholine rings is 1. The van der Waals surface area contributed by atoms with Gasteiger partial charge >= 0.3 is 0 Å². The number of carbonyl (C=O) groups excluding carboxylic acids is 4. The van der Waals surface area contributed by atoms with Gasteiger partial charge in [-0.2, -0.15) is 0 Å². The van der Waals surface area contributed by atoms with E-state index < -0.39 is 23.9 Å². The van der Waals surface area contributed by atoms with E-state index in [1.165, 1.54) is 11.3 Å². The zero-order valence-corrected chi connectivity index (χ0v) is 27.4. The van der Waals surface area contributed by atoms with Crippen LogP contribution in [0.25, 0.3) is 0 Å². The van der Waals surface area contributed by atoms with Crippen molar-refractivity contribution in [2.75, 3.05) is 26.3 Å². The molecule has 0 aromatic carbocycles. The minimum absolute atomic E-state index is 0.0591. The van der Waals surface area contributed by atoms with Gasteiger partial charge in [-0.05, 0) is 37.5 Å². The Labute approximate surface area is 263 Å². The van der Waals surface area contributed by atoms with Gasteiger partial charge in [0.15, 0.2) is 23.0 Å². The van der Waals surface area contributed by atoms with E-state index in [0.29, 0.717) is 44.1 Å². The Kier molecular flexibility index (Phi) is 11.8. The molecule has 2 amide bonds. The summed E-state index contributed by atoms with van der Waals surface area (Å²) in [5, 5.41) is 11.7. The molecule has 11 nitrogen and oxygen atoms in total. The molecule has 0 bridgehead atoms. The Balaban J connectivity index is 1.45. The van der Waals surface area contributed by atoms with Crippen LogP contribution in [0.4, 0.5) is 0 Å². The van der Waals surface area contributed by atoms with Crippen molar-refractivity contribution in [2.24, 2.45) is 23.2 Å². The zero-order valence-electron chi connectivity index (χ0n) is 26.6. The highest BCUT2D eigenvalue weighted by Gasteiger charge is 2.48. The van der Waals surface area contributed by atoms with Crippen LogP contribution in [0.5, 0.6) is 0 Å². The molecule has 2 aromatic rings. The van der Waals surface area contributed by atoms with Crippen LogP contribution < -0.4 is 10.6 Å². The molecule has 44 heavy (non-hydrogen) atoms. The molecule has 2 N–H and O–H groups in total. The van der Waals surface area contributed by atoms with E-state index >= 15 is 0 Å². The monoisotopic (exact) mass is 629 g/mol. The normalized spacial score (nSPS) is 18.5. The number of nitrogens with zero attached hydrogens (tertiary/aromatic N) is 3. The standard InChI is InChI=1S/C32H47N5O6S/c1-20(2)12-25(34-31(41)27-16-24(43-36-27)17-37-8-10-42-11-9-37)28(38)15-22(14-23-18-44-19-33-23)30(40)35-26(13-21(3)4)29(39)32(5)6-7-32/h16,18-22,25-26H,6-15,17H2,1-5H3,(H,34,41)(H,35,40)/t22-,25+,26+/m1/s1. The number of aromatic nitrogens is 2. The molecule has 1 saturated heterocycles. The summed E-state index contributed by atoms with van der Waals surface area (Å²) < 4.78 is 10.8. The van der Waals surface area contributed by atoms with E-state index in [0.717, 1.165) is 25.9 Å². The lowest BCUT2D eigenvalue weighted by Crippen LogP contribution is -2.48. The fourth-order valence-electron chi connectivity index (χ4n) is 5.53. The third kappa shape index (κ3) is 9.77. The van der Waals surface area contributed by atoms with Crippen molar-refractivity contribution in [1.82, 2.24) is 25.7 Å². The van der Waals surface area contributed by atoms with E-state index in [9.17, 15) is 19.2 Å². The molecule has 0 radical (unpaired) electrons. The number of ether oxygens (including phenoxy) is 1. The van der Waals surface area contributed by atoms with Crippen LogP contribution in [-0.2, 0) is 32.1 Å². The van der Waals surface area contributed by atoms with Crippen LogP contribution in [-0.4, -0.2) is 76.8 Å². The first-order valence-electron chi connectivity index (χ1n) is 15.7. The van der Waals surface area contributed by atoms with E-state index in [-0.39, 0.29) is 53.3 Å². The molecule has 2 aromatic heterocycles. The average molecular weight is 630 g/mol. The lowest BCUT2D eigenvalue weighted by molar-refractivity contribution is -0.134. The predicted octanol–water partition coefficient (Wildman–Crippen LogP) is 3.83. The topological polar surface area (TPSA) is 144 Å². The predicted molar refractivity (Wildman–Crippen MR) is 166 cm³/mol. The molecule has 3 atom stereocenters. The second-order valence-corrected chi connectivity index (χ2v) is 14.1. The van der Waals surface area contributed by atoms with E-state index in [4.69, 9.17) is 9.26 Å². The number of nitrogens with one attached hydrogen (secondary N) is 2. The van der Waals surface area contributed by atoms with Crippen LogP contribution in [0.3, 0.4) is 0 Å². The van der Waals surface area contributed by atoms with Crippen LogP contribution in [0.2, 0.25) is 0 Å². The first kappa shape index (κ1) is 33.9. The number of carbonyl (C=O) groups is 4. The Hall–Kier alpha value is -2.96. The largest absolute Gasteiger partial charge is 0.379 e. The van der Waals surface area contributed by atoms with Crippen molar-refractivity contribution in [3.63, 3.8) is 0 Å². The maximum Gasteiger partial charge on any atom is 0.274 e. The first-order valence-corrected chi connectivity index (χ1v) is 16.7. The summed E-state index contributed by atoms with van der Waals surface area (Å²) in [7, 11) is 0. The molecule has 2 fully saturated rings. The number of rotatable bonds is 17. The number of thiazole rings is 1. The van der Waals surface area contributed by atoms with Gasteiger partial charge in [-0.15, -0.1) is 11.3 Å². The molecule has 4 rings (SSSR count). The Morgan fingerprint density at radius 2 is 1.70 bits per heavy atom. The average Bonchev–Trinajstić information content (AvgIpc) is 3.32. The van der Waals surface area contributed by atoms with Gasteiger partial charge in [0.1, 0.15) is 0 Å². The summed E-state index contributed by atoms with van der Waals surface area (Å²) in [6.45, 7) is 13.3. The fraction of sp³-hybridized carbons (Fsp3) is 0.688. The number of Topliss-reactive ketones (excluding diaryl/α,β-unsaturated/α-hetero) is 2. The zero-order chi connectivity index (χ0) is 31.9. The molecule has 1 saturated carbocycles. The van der Waals surface area contributed by atoms with E-state index in [2.05, 4.69) is 25.7 Å². The molecular weight excluding hydrogens is 582 g/mol. The molecule has 12 heteroatoms. The van der Waals surface area contributed by atoms with Gasteiger partial charge < -0.3 is 19.9 Å². The highest BCUT2D eigenvalue weighted by atomic mass is 32.1. The van der Waals surface area contributed by atoms with Gasteiger partial charge in [-0.3, -0.25) is 24.1 Å². The molecule has 3 heterocycles. The van der Waals surface area contributed by atoms with Crippen molar-refractivity contribution >= 4 is 34.7 Å². The van der Waals surface area contributed by atoms with Gasteiger partial charge in [0, 0.05) is 42.8 Å². The van der Waals surface area contributed by atoms with Gasteiger partial charge in [0.25, 0.3) is 5.91 Å². The van der Waals surface area contributed by atoms with E-state index in [1.54, 1.807) is 11.6 Å². The number of ketones is 2. The molecule has 1 aliphatic carbocycles. The first-order chi connectivity index (χ1) is 20.9. The lowest BCUT2D eigenvalue weighted by Gasteiger charge is -2.26. The fourth-order valence-corrected chi connectivity index (χ4v) is 6.10. The summed E-state index contributed by atoms with van der Waals surface area (Å²) in [5.74, 6) is -0.884. The van der Waals surface area contributed by atoms with Crippen LogP contribution in [0.1, 0.15) is 88.7 Å². The Morgan fingerprint density at radius 3 is 2.32 bits per heavy atom. The summed E-state index contributed by atoms with van der Waals surface area (Å²) in [6, 6.07) is 0.186. The minimum Gasteiger partial charge on any atom is -0.379 e. The lowest BCUT2D eigenvalue weighted by atomic mass is 9.88. The van der Waals surface area contributed by atoms with Crippen LogP contribution in [0.15, 0.2) is 21.5 Å². The molecule has 242 valence electrons. The molecule has 2 aliphatic rings. The maximum absolute atomic E-state index is 13.8. The van der Waals surface area contributed by atoms with Crippen LogP contribution in [0, 0.1) is 23.2 Å². The van der Waals surface area contributed by atoms with Crippen molar-refractivity contribution < 1.29 is 28.4 Å². The summed E-state index contributed by atoms with van der Waals surface area (Å²) in [4.78, 5) is 60.5. The van der Waals surface area contributed by atoms with Crippen molar-refractivity contribution in [2.45, 2.75) is 91.8 Å². The van der Waals surface area contributed by atoms with Crippen LogP contribution >= 0.6 is 11.3 Å². The van der Waals surface area contributed by atoms with Crippen molar-refractivity contribution in [3.8, 4) is 0 Å². The second kappa shape index (κ2) is 15.4. The van der Waals surface area contributed by atoms with E-state index in [1.807, 2.05) is 40.0 Å². The quantitative estimate of drug-likeness (QED) is 0.267. The van der Waals surface area contributed by atoms with Crippen molar-refractivity contribution in [1.29, 1.82) is 0 Å². The molecule has 0 unspecified atom stereocenters. The SMILES string of the molecule is CC(C)C[C@H](NC(=O)c1cc(CN2CCOCC2)on1)C(=O)C[C@@H](Cc1cscn1)C(=O)N[C@@H](CC(C)C)C(=O)C1(C)CC1. The van der Waals surface area contributed by atoms with Gasteiger partial charge in [0.2, 0.25) is 5.91 Å².